The summed E-state index contributed by atoms with van der Waals surface area (Å²) < 4.78 is 0. The first-order chi connectivity index (χ1) is 6.08. The van der Waals surface area contributed by atoms with E-state index in [-0.39, 0.29) is 0 Å². The van der Waals surface area contributed by atoms with Crippen molar-refractivity contribution >= 4 is 17.7 Å². The number of carboxylic acid groups (broad SMARTS) is 1. The van der Waals surface area contributed by atoms with Crippen LogP contribution < -0.4 is 0 Å². The summed E-state index contributed by atoms with van der Waals surface area (Å²) in [6, 6.07) is 0. The fourth-order valence-electron chi connectivity index (χ4n) is 0.846. The topological polar surface area (TPSA) is 57.5 Å². The van der Waals surface area contributed by atoms with E-state index in [0.717, 1.165) is 13.3 Å². The SMILES string of the molecule is CC(=O)O.CCCC(CCO)SC. The van der Waals surface area contributed by atoms with Gasteiger partial charge >= 0.3 is 0 Å². The molecule has 0 aliphatic rings. The summed E-state index contributed by atoms with van der Waals surface area (Å²) >= 11 is 1.86. The molecule has 13 heavy (non-hydrogen) atoms. The summed E-state index contributed by atoms with van der Waals surface area (Å²) in [7, 11) is 0. The molecular weight excluding hydrogens is 188 g/mol. The summed E-state index contributed by atoms with van der Waals surface area (Å²) in [5.74, 6) is -0.833. The van der Waals surface area contributed by atoms with Gasteiger partial charge in [0.05, 0.1) is 0 Å². The number of aliphatic hydroxyl groups is 1. The number of carbonyl (C=O) groups is 1. The summed E-state index contributed by atoms with van der Waals surface area (Å²) in [6.07, 6.45) is 5.53. The number of rotatable bonds is 5. The Balaban J connectivity index is 0. The Morgan fingerprint density at radius 3 is 2.15 bits per heavy atom. The zero-order valence-corrected chi connectivity index (χ0v) is 9.43. The van der Waals surface area contributed by atoms with Gasteiger partial charge in [-0.3, -0.25) is 4.79 Å². The predicted octanol–water partition coefficient (Wildman–Crippen LogP) is 1.99. The van der Waals surface area contributed by atoms with Crippen LogP contribution in [-0.4, -0.2) is 34.3 Å². The minimum Gasteiger partial charge on any atom is -0.481 e. The number of aliphatic hydroxyl groups excluding tert-OH is 1. The van der Waals surface area contributed by atoms with Crippen molar-refractivity contribution in [3.05, 3.63) is 0 Å². The standard InChI is InChI=1S/C7H16OS.C2H4O2/c1-3-4-7(9-2)5-6-8;1-2(3)4/h7-8H,3-6H2,1-2H3;1H3,(H,3,4). The Hall–Kier alpha value is -0.220. The van der Waals surface area contributed by atoms with Gasteiger partial charge in [0.25, 0.3) is 5.97 Å². The van der Waals surface area contributed by atoms with Gasteiger partial charge in [-0.1, -0.05) is 13.3 Å². The van der Waals surface area contributed by atoms with Gasteiger partial charge in [0.15, 0.2) is 0 Å². The zero-order valence-electron chi connectivity index (χ0n) is 8.62. The number of carboxylic acids is 1. The van der Waals surface area contributed by atoms with Crippen molar-refractivity contribution in [1.82, 2.24) is 0 Å². The van der Waals surface area contributed by atoms with Crippen LogP contribution in [0.5, 0.6) is 0 Å². The fourth-order valence-corrected chi connectivity index (χ4v) is 1.66. The molecule has 0 aliphatic heterocycles. The van der Waals surface area contributed by atoms with Crippen molar-refractivity contribution in [1.29, 1.82) is 0 Å². The van der Waals surface area contributed by atoms with E-state index in [9.17, 15) is 0 Å². The first kappa shape index (κ1) is 15.3. The molecule has 1 atom stereocenters. The van der Waals surface area contributed by atoms with Crippen LogP contribution in [0, 0.1) is 0 Å². The predicted molar refractivity (Wildman–Crippen MR) is 57.2 cm³/mol. The summed E-state index contributed by atoms with van der Waals surface area (Å²) in [6.45, 7) is 3.60. The highest BCUT2D eigenvalue weighted by Gasteiger charge is 2.02. The summed E-state index contributed by atoms with van der Waals surface area (Å²) in [5.41, 5.74) is 0. The van der Waals surface area contributed by atoms with Gasteiger partial charge in [-0.15, -0.1) is 0 Å². The molecule has 0 radical (unpaired) electrons. The van der Waals surface area contributed by atoms with Crippen molar-refractivity contribution < 1.29 is 15.0 Å². The molecule has 0 aromatic carbocycles. The lowest BCUT2D eigenvalue weighted by Crippen LogP contribution is -2.03. The zero-order chi connectivity index (χ0) is 10.7. The molecule has 0 bridgehead atoms. The molecule has 2 N–H and O–H groups in total. The van der Waals surface area contributed by atoms with Gasteiger partial charge in [0.1, 0.15) is 0 Å². The number of aliphatic carboxylic acids is 1. The molecule has 4 heteroatoms. The van der Waals surface area contributed by atoms with Crippen LogP contribution >= 0.6 is 11.8 Å². The van der Waals surface area contributed by atoms with Crippen LogP contribution in [0.25, 0.3) is 0 Å². The van der Waals surface area contributed by atoms with Gasteiger partial charge in [-0.2, -0.15) is 11.8 Å². The lowest BCUT2D eigenvalue weighted by atomic mass is 10.2. The number of hydrogen-bond acceptors (Lipinski definition) is 3. The van der Waals surface area contributed by atoms with E-state index in [2.05, 4.69) is 13.2 Å². The highest BCUT2D eigenvalue weighted by Crippen LogP contribution is 2.15. The molecular formula is C9H20O3S. The average Bonchev–Trinajstić information content (AvgIpc) is 2.03. The molecule has 0 heterocycles. The van der Waals surface area contributed by atoms with Crippen LogP contribution in [0.1, 0.15) is 33.1 Å². The van der Waals surface area contributed by atoms with E-state index in [1.165, 1.54) is 12.8 Å². The fraction of sp³-hybridized carbons (Fsp3) is 0.889. The van der Waals surface area contributed by atoms with E-state index in [1.807, 2.05) is 11.8 Å². The lowest BCUT2D eigenvalue weighted by molar-refractivity contribution is -0.134. The molecule has 0 aromatic rings. The lowest BCUT2D eigenvalue weighted by Gasteiger charge is -2.09. The van der Waals surface area contributed by atoms with Crippen LogP contribution in [0.4, 0.5) is 0 Å². The molecule has 0 spiro atoms. The normalized spacial score (nSPS) is 11.4. The van der Waals surface area contributed by atoms with Crippen molar-refractivity contribution in [2.45, 2.75) is 38.4 Å². The van der Waals surface area contributed by atoms with Crippen molar-refractivity contribution in [2.75, 3.05) is 12.9 Å². The Morgan fingerprint density at radius 2 is 1.92 bits per heavy atom. The molecule has 0 amide bonds. The third-order valence-electron chi connectivity index (χ3n) is 1.40. The number of thioether (sulfide) groups is 1. The molecule has 0 rings (SSSR count). The van der Waals surface area contributed by atoms with Gasteiger partial charge < -0.3 is 10.2 Å². The van der Waals surface area contributed by atoms with Gasteiger partial charge in [0.2, 0.25) is 0 Å². The van der Waals surface area contributed by atoms with Crippen LogP contribution in [0.3, 0.4) is 0 Å². The molecule has 0 aromatic heterocycles. The highest BCUT2D eigenvalue weighted by molar-refractivity contribution is 7.99. The Bertz CT molecular complexity index is 107. The first-order valence-corrected chi connectivity index (χ1v) is 5.70. The number of hydrogen-bond donors (Lipinski definition) is 2. The maximum Gasteiger partial charge on any atom is 0.300 e. The quantitative estimate of drug-likeness (QED) is 0.725. The third kappa shape index (κ3) is 18.6. The molecule has 3 nitrogen and oxygen atoms in total. The maximum absolute atomic E-state index is 9.00. The van der Waals surface area contributed by atoms with Gasteiger partial charge in [-0.25, -0.2) is 0 Å². The molecule has 0 saturated heterocycles. The maximum atomic E-state index is 9.00. The van der Waals surface area contributed by atoms with E-state index in [1.54, 1.807) is 0 Å². The average molecular weight is 208 g/mol. The van der Waals surface area contributed by atoms with Crippen molar-refractivity contribution in [3.63, 3.8) is 0 Å². The molecule has 0 saturated carbocycles. The van der Waals surface area contributed by atoms with E-state index < -0.39 is 5.97 Å². The van der Waals surface area contributed by atoms with E-state index >= 15 is 0 Å². The summed E-state index contributed by atoms with van der Waals surface area (Å²) in [5, 5.41) is 16.7. The third-order valence-corrected chi connectivity index (χ3v) is 2.53. The van der Waals surface area contributed by atoms with Gasteiger partial charge in [0, 0.05) is 18.8 Å². The second kappa shape index (κ2) is 11.8. The minimum absolute atomic E-state index is 0.339. The van der Waals surface area contributed by atoms with Gasteiger partial charge in [-0.05, 0) is 19.1 Å². The van der Waals surface area contributed by atoms with Crippen molar-refractivity contribution in [3.8, 4) is 0 Å². The largest absolute Gasteiger partial charge is 0.481 e. The van der Waals surface area contributed by atoms with Crippen LogP contribution in [-0.2, 0) is 4.79 Å². The molecule has 1 unspecified atom stereocenters. The molecule has 0 aliphatic carbocycles. The van der Waals surface area contributed by atoms with Crippen LogP contribution in [0.15, 0.2) is 0 Å². The molecule has 80 valence electrons. The van der Waals surface area contributed by atoms with Crippen LogP contribution in [0.2, 0.25) is 0 Å². The second-order valence-corrected chi connectivity index (χ2v) is 3.82. The van der Waals surface area contributed by atoms with Crippen molar-refractivity contribution in [2.24, 2.45) is 0 Å². The Labute approximate surface area is 84.5 Å². The monoisotopic (exact) mass is 208 g/mol. The first-order valence-electron chi connectivity index (χ1n) is 4.41. The van der Waals surface area contributed by atoms with E-state index in [0.29, 0.717) is 11.9 Å². The second-order valence-electron chi connectivity index (χ2n) is 2.68. The highest BCUT2D eigenvalue weighted by atomic mass is 32.2. The minimum atomic E-state index is -0.833. The Morgan fingerprint density at radius 1 is 1.46 bits per heavy atom. The molecule has 0 fully saturated rings. The smallest absolute Gasteiger partial charge is 0.300 e. The van der Waals surface area contributed by atoms with E-state index in [4.69, 9.17) is 15.0 Å². The summed E-state index contributed by atoms with van der Waals surface area (Å²) in [4.78, 5) is 9.00. The Kier molecular flexibility index (Phi) is 13.8.